The molecular formula is C21H23ClN4O5S. The first-order valence-corrected chi connectivity index (χ1v) is 11.9. The molecule has 1 aliphatic carbocycles. The molecule has 3 aromatic rings. The van der Waals surface area contributed by atoms with Crippen molar-refractivity contribution in [1.29, 1.82) is 0 Å². The van der Waals surface area contributed by atoms with Crippen molar-refractivity contribution in [3.05, 3.63) is 64.9 Å². The highest BCUT2D eigenvalue weighted by Gasteiger charge is 2.50. The normalized spacial score (nSPS) is 22.6. The number of aromatic nitrogens is 2. The highest BCUT2D eigenvalue weighted by atomic mass is 35.5. The molecule has 170 valence electrons. The number of halogens is 1. The van der Waals surface area contributed by atoms with Crippen LogP contribution in [0.15, 0.2) is 48.5 Å². The van der Waals surface area contributed by atoms with Crippen LogP contribution in [0.2, 0.25) is 5.02 Å². The van der Waals surface area contributed by atoms with Crippen LogP contribution in [0.1, 0.15) is 24.2 Å². The Morgan fingerprint density at radius 3 is 2.53 bits per heavy atom. The van der Waals surface area contributed by atoms with Gasteiger partial charge >= 0.3 is 6.16 Å². The van der Waals surface area contributed by atoms with E-state index >= 15 is 0 Å². The molecule has 3 atom stereocenters. The van der Waals surface area contributed by atoms with Gasteiger partial charge in [-0.2, -0.15) is 17.4 Å². The molecular weight excluding hydrogens is 456 g/mol. The summed E-state index contributed by atoms with van der Waals surface area (Å²) in [6.45, 7) is 3.35. The van der Waals surface area contributed by atoms with E-state index in [2.05, 4.69) is 33.3 Å². The smallest absolute Gasteiger partial charge is 0.450 e. The Kier molecular flexibility index (Phi) is 6.13. The lowest BCUT2D eigenvalue weighted by Gasteiger charge is -2.27. The molecule has 2 aromatic carbocycles. The fraction of sp³-hybridized carbons (Fsp3) is 0.333. The Morgan fingerprint density at radius 1 is 1.16 bits per heavy atom. The molecule has 1 saturated carbocycles. The fourth-order valence-corrected chi connectivity index (χ4v) is 5.88. The van der Waals surface area contributed by atoms with Crippen molar-refractivity contribution in [3.8, 4) is 0 Å². The average molecular weight is 479 g/mol. The van der Waals surface area contributed by atoms with Crippen molar-refractivity contribution in [2.45, 2.75) is 32.0 Å². The minimum atomic E-state index is -3.58. The van der Waals surface area contributed by atoms with Gasteiger partial charge in [0.15, 0.2) is 0 Å². The van der Waals surface area contributed by atoms with Gasteiger partial charge in [0, 0.05) is 30.1 Å². The third-order valence-electron chi connectivity index (χ3n) is 5.87. The Balaban J connectivity index is 0.000000567. The summed E-state index contributed by atoms with van der Waals surface area (Å²) in [6.07, 6.45) is -1.83. The predicted octanol–water partition coefficient (Wildman–Crippen LogP) is 3.36. The van der Waals surface area contributed by atoms with Crippen LogP contribution in [0.25, 0.3) is 11.0 Å². The molecule has 2 aliphatic rings. The van der Waals surface area contributed by atoms with Gasteiger partial charge in [-0.1, -0.05) is 48.9 Å². The van der Waals surface area contributed by atoms with Gasteiger partial charge in [0.2, 0.25) is 0 Å². The molecule has 1 aromatic heterocycles. The van der Waals surface area contributed by atoms with E-state index in [9.17, 15) is 8.42 Å². The summed E-state index contributed by atoms with van der Waals surface area (Å²) in [5, 5.41) is 14.6. The van der Waals surface area contributed by atoms with Crippen molar-refractivity contribution < 1.29 is 23.4 Å². The van der Waals surface area contributed by atoms with E-state index in [0.29, 0.717) is 18.1 Å². The fourth-order valence-electron chi connectivity index (χ4n) is 4.25. The summed E-state index contributed by atoms with van der Waals surface area (Å²) in [7, 11) is -3.58. The SMILES string of the molecule is C[C@H]1[C@H](NS(=O)(=O)N2CCn3c(nc4cc(Cl)ccc43)C2)[C@H]1c1ccccc1.O=C(O)O. The zero-order valence-corrected chi connectivity index (χ0v) is 18.8. The van der Waals surface area contributed by atoms with Crippen molar-refractivity contribution in [1.82, 2.24) is 18.6 Å². The van der Waals surface area contributed by atoms with Crippen molar-refractivity contribution in [3.63, 3.8) is 0 Å². The highest BCUT2D eigenvalue weighted by molar-refractivity contribution is 7.87. The Morgan fingerprint density at radius 2 is 1.84 bits per heavy atom. The monoisotopic (exact) mass is 478 g/mol. The number of imidazole rings is 1. The van der Waals surface area contributed by atoms with Gasteiger partial charge < -0.3 is 14.8 Å². The zero-order chi connectivity index (χ0) is 23.0. The number of carbonyl (C=O) groups is 1. The largest absolute Gasteiger partial charge is 0.503 e. The summed E-state index contributed by atoms with van der Waals surface area (Å²) in [5.41, 5.74) is 2.97. The second-order valence-electron chi connectivity index (χ2n) is 7.87. The van der Waals surface area contributed by atoms with Crippen LogP contribution in [0.4, 0.5) is 4.79 Å². The molecule has 2 heterocycles. The third-order valence-corrected chi connectivity index (χ3v) is 7.67. The number of carboxylic acid groups (broad SMARTS) is 2. The van der Waals surface area contributed by atoms with Gasteiger partial charge in [0.05, 0.1) is 17.6 Å². The van der Waals surface area contributed by atoms with E-state index in [-0.39, 0.29) is 24.4 Å². The van der Waals surface area contributed by atoms with E-state index in [1.165, 1.54) is 9.87 Å². The Hall–Kier alpha value is -2.66. The molecule has 0 spiro atoms. The maximum absolute atomic E-state index is 13.0. The number of nitrogens with one attached hydrogen (secondary N) is 1. The van der Waals surface area contributed by atoms with E-state index in [1.807, 2.05) is 36.4 Å². The molecule has 3 N–H and O–H groups in total. The molecule has 32 heavy (non-hydrogen) atoms. The number of nitrogens with zero attached hydrogens (tertiary/aromatic N) is 3. The number of rotatable bonds is 4. The number of fused-ring (bicyclic) bond motifs is 3. The molecule has 1 fully saturated rings. The first-order valence-electron chi connectivity index (χ1n) is 10.1. The molecule has 1 aliphatic heterocycles. The first-order chi connectivity index (χ1) is 15.2. The van der Waals surface area contributed by atoms with E-state index in [4.69, 9.17) is 26.6 Å². The summed E-state index contributed by atoms with van der Waals surface area (Å²) in [6, 6.07) is 15.6. The predicted molar refractivity (Wildman–Crippen MR) is 120 cm³/mol. The molecule has 5 rings (SSSR count). The summed E-state index contributed by atoms with van der Waals surface area (Å²) in [5.74, 6) is 1.26. The quantitative estimate of drug-likeness (QED) is 0.528. The number of hydrogen-bond acceptors (Lipinski definition) is 4. The van der Waals surface area contributed by atoms with Crippen LogP contribution >= 0.6 is 11.6 Å². The van der Waals surface area contributed by atoms with Crippen LogP contribution in [-0.2, 0) is 23.3 Å². The number of hydrogen-bond donors (Lipinski definition) is 3. The van der Waals surface area contributed by atoms with Gasteiger partial charge in [0.1, 0.15) is 5.82 Å². The maximum Gasteiger partial charge on any atom is 0.503 e. The third kappa shape index (κ3) is 4.58. The zero-order valence-electron chi connectivity index (χ0n) is 17.2. The van der Waals surface area contributed by atoms with Gasteiger partial charge in [-0.3, -0.25) is 0 Å². The lowest BCUT2D eigenvalue weighted by Crippen LogP contribution is -2.45. The van der Waals surface area contributed by atoms with E-state index in [0.717, 1.165) is 16.9 Å². The van der Waals surface area contributed by atoms with Crippen molar-refractivity contribution in [2.24, 2.45) is 5.92 Å². The van der Waals surface area contributed by atoms with Crippen LogP contribution < -0.4 is 4.72 Å². The first kappa shape index (κ1) is 22.5. The van der Waals surface area contributed by atoms with Gasteiger partial charge in [0.25, 0.3) is 10.2 Å². The summed E-state index contributed by atoms with van der Waals surface area (Å²) >= 11 is 6.06. The highest BCUT2D eigenvalue weighted by Crippen LogP contribution is 2.47. The lowest BCUT2D eigenvalue weighted by atomic mass is 10.1. The molecule has 0 saturated heterocycles. The Bertz CT molecular complexity index is 1240. The summed E-state index contributed by atoms with van der Waals surface area (Å²) < 4.78 is 32.5. The van der Waals surface area contributed by atoms with E-state index in [1.54, 1.807) is 0 Å². The standard InChI is InChI=1S/C20H21ClN4O2S.CH2O3/c1-13-19(14-5-3-2-4-6-14)20(13)23-28(26,27)24-9-10-25-17-8-7-15(21)11-16(17)22-18(25)12-24;2-1(3)4/h2-8,11,13,19-20,23H,9-10,12H2,1H3;(H2,2,3,4)/t13-,19-,20+;/m1./s1. The van der Waals surface area contributed by atoms with E-state index < -0.39 is 16.4 Å². The second kappa shape index (κ2) is 8.70. The van der Waals surface area contributed by atoms with Gasteiger partial charge in [-0.15, -0.1) is 0 Å². The number of benzene rings is 2. The molecule has 0 radical (unpaired) electrons. The Labute approximate surface area is 190 Å². The molecule has 0 unspecified atom stereocenters. The van der Waals surface area contributed by atoms with Crippen LogP contribution in [0.3, 0.4) is 0 Å². The van der Waals surface area contributed by atoms with Gasteiger partial charge in [-0.25, -0.2) is 9.78 Å². The van der Waals surface area contributed by atoms with Crippen LogP contribution in [0.5, 0.6) is 0 Å². The van der Waals surface area contributed by atoms with Gasteiger partial charge in [-0.05, 0) is 29.7 Å². The molecule has 11 heteroatoms. The summed E-state index contributed by atoms with van der Waals surface area (Å²) in [4.78, 5) is 13.2. The molecule has 0 bridgehead atoms. The second-order valence-corrected chi connectivity index (χ2v) is 10.0. The molecule has 0 amide bonds. The van der Waals surface area contributed by atoms with Crippen molar-refractivity contribution >= 4 is 39.0 Å². The van der Waals surface area contributed by atoms with Crippen LogP contribution in [-0.4, -0.2) is 51.2 Å². The minimum Gasteiger partial charge on any atom is -0.450 e. The average Bonchev–Trinajstić information content (AvgIpc) is 3.20. The lowest BCUT2D eigenvalue weighted by molar-refractivity contribution is 0.137. The maximum atomic E-state index is 13.0. The van der Waals surface area contributed by atoms with Crippen molar-refractivity contribution in [2.75, 3.05) is 6.54 Å². The molecule has 9 nitrogen and oxygen atoms in total. The minimum absolute atomic E-state index is 0.0630. The van der Waals surface area contributed by atoms with Crippen LogP contribution in [0, 0.1) is 5.92 Å². The topological polar surface area (TPSA) is 125 Å².